The molecule has 0 radical (unpaired) electrons. The van der Waals surface area contributed by atoms with E-state index in [1.165, 1.54) is 0 Å². The third kappa shape index (κ3) is 1.54. The minimum absolute atomic E-state index is 0.0524. The second-order valence-corrected chi connectivity index (χ2v) is 4.42. The van der Waals surface area contributed by atoms with Gasteiger partial charge in [0, 0.05) is 10.4 Å². The van der Waals surface area contributed by atoms with Crippen LogP contribution in [0.5, 0.6) is 0 Å². The molecule has 0 heterocycles. The number of halogens is 1. The number of rotatable bonds is 3. The summed E-state index contributed by atoms with van der Waals surface area (Å²) in [5.41, 5.74) is 0.867. The Morgan fingerprint density at radius 2 is 1.79 bits per heavy atom. The lowest BCUT2D eigenvalue weighted by molar-refractivity contribution is 0.129. The van der Waals surface area contributed by atoms with Crippen molar-refractivity contribution in [3.05, 3.63) is 34.9 Å². The van der Waals surface area contributed by atoms with Gasteiger partial charge in [0.2, 0.25) is 0 Å². The van der Waals surface area contributed by atoms with Crippen LogP contribution in [-0.2, 0) is 0 Å². The maximum Gasteiger partial charge on any atom is 0.0515 e. The van der Waals surface area contributed by atoms with E-state index in [0.29, 0.717) is 5.02 Å². The van der Waals surface area contributed by atoms with Crippen molar-refractivity contribution in [2.24, 2.45) is 5.41 Å². The largest absolute Gasteiger partial charge is 0.396 e. The molecular formula is C11H13ClO2. The Morgan fingerprint density at radius 3 is 2.21 bits per heavy atom. The van der Waals surface area contributed by atoms with Crippen LogP contribution in [0.2, 0.25) is 5.02 Å². The minimum Gasteiger partial charge on any atom is -0.396 e. The molecule has 1 aliphatic carbocycles. The molecule has 2 nitrogen and oxygen atoms in total. The normalized spacial score (nSPS) is 23.5. The third-order valence-electron chi connectivity index (χ3n) is 3.09. The summed E-state index contributed by atoms with van der Waals surface area (Å²) < 4.78 is 0. The Hall–Kier alpha value is -0.570. The summed E-state index contributed by atoms with van der Waals surface area (Å²) in [4.78, 5) is 0. The highest BCUT2D eigenvalue weighted by atomic mass is 35.5. The lowest BCUT2D eigenvalue weighted by Gasteiger charge is -2.10. The van der Waals surface area contributed by atoms with Gasteiger partial charge in [0.1, 0.15) is 0 Å². The third-order valence-corrected chi connectivity index (χ3v) is 3.34. The zero-order valence-corrected chi connectivity index (χ0v) is 8.54. The van der Waals surface area contributed by atoms with Crippen molar-refractivity contribution >= 4 is 11.6 Å². The van der Waals surface area contributed by atoms with Gasteiger partial charge in [0.05, 0.1) is 13.2 Å². The summed E-state index contributed by atoms with van der Waals surface area (Å²) in [6.45, 7) is 0.105. The smallest absolute Gasteiger partial charge is 0.0515 e. The molecule has 1 saturated carbocycles. The zero-order chi connectivity index (χ0) is 10.2. The van der Waals surface area contributed by atoms with Crippen LogP contribution in [0.1, 0.15) is 17.9 Å². The first kappa shape index (κ1) is 9.97. The Balaban J connectivity index is 2.16. The van der Waals surface area contributed by atoms with Crippen LogP contribution >= 0.6 is 11.6 Å². The molecule has 1 aromatic rings. The van der Waals surface area contributed by atoms with E-state index in [1.807, 2.05) is 24.3 Å². The highest BCUT2D eigenvalue weighted by molar-refractivity contribution is 6.30. The number of aliphatic hydroxyl groups is 2. The Bertz CT molecular complexity index is 317. The fraction of sp³-hybridized carbons (Fsp3) is 0.455. The number of hydrogen-bond donors (Lipinski definition) is 2. The Kier molecular flexibility index (Phi) is 2.52. The number of hydrogen-bond acceptors (Lipinski definition) is 2. The molecule has 1 atom stereocenters. The lowest BCUT2D eigenvalue weighted by atomic mass is 10.0. The summed E-state index contributed by atoms with van der Waals surface area (Å²) in [6.07, 6.45) is 0.863. The topological polar surface area (TPSA) is 40.5 Å². The highest BCUT2D eigenvalue weighted by Crippen LogP contribution is 2.58. The average molecular weight is 213 g/mol. The van der Waals surface area contributed by atoms with E-state index >= 15 is 0 Å². The van der Waals surface area contributed by atoms with Gasteiger partial charge in [0.15, 0.2) is 0 Å². The van der Waals surface area contributed by atoms with Crippen molar-refractivity contribution in [3.63, 3.8) is 0 Å². The molecule has 0 aromatic heterocycles. The van der Waals surface area contributed by atoms with Crippen LogP contribution in [-0.4, -0.2) is 23.4 Å². The molecular weight excluding hydrogens is 200 g/mol. The fourth-order valence-electron chi connectivity index (χ4n) is 1.91. The molecule has 0 amide bonds. The second-order valence-electron chi connectivity index (χ2n) is 3.99. The van der Waals surface area contributed by atoms with Crippen molar-refractivity contribution in [1.82, 2.24) is 0 Å². The first-order valence-electron chi connectivity index (χ1n) is 4.69. The highest BCUT2D eigenvalue weighted by Gasteiger charge is 2.53. The molecule has 0 spiro atoms. The van der Waals surface area contributed by atoms with Crippen molar-refractivity contribution in [1.29, 1.82) is 0 Å². The van der Waals surface area contributed by atoms with Gasteiger partial charge < -0.3 is 10.2 Å². The maximum atomic E-state index is 9.16. The van der Waals surface area contributed by atoms with Crippen molar-refractivity contribution in [2.75, 3.05) is 13.2 Å². The van der Waals surface area contributed by atoms with Gasteiger partial charge in [-0.1, -0.05) is 23.7 Å². The van der Waals surface area contributed by atoms with Gasteiger partial charge in [0.25, 0.3) is 0 Å². The van der Waals surface area contributed by atoms with Gasteiger partial charge in [-0.25, -0.2) is 0 Å². The van der Waals surface area contributed by atoms with Crippen LogP contribution in [0.4, 0.5) is 0 Å². The lowest BCUT2D eigenvalue weighted by Crippen LogP contribution is -2.14. The predicted molar refractivity (Wildman–Crippen MR) is 55.4 cm³/mol. The van der Waals surface area contributed by atoms with E-state index in [0.717, 1.165) is 12.0 Å². The van der Waals surface area contributed by atoms with E-state index in [9.17, 15) is 0 Å². The molecule has 1 aromatic carbocycles. The van der Waals surface area contributed by atoms with Gasteiger partial charge in [-0.3, -0.25) is 0 Å². The summed E-state index contributed by atoms with van der Waals surface area (Å²) in [7, 11) is 0. The molecule has 2 rings (SSSR count). The van der Waals surface area contributed by atoms with Crippen LogP contribution < -0.4 is 0 Å². The molecule has 1 aliphatic rings. The first-order chi connectivity index (χ1) is 6.72. The van der Waals surface area contributed by atoms with E-state index in [1.54, 1.807) is 0 Å². The van der Waals surface area contributed by atoms with E-state index in [2.05, 4.69) is 0 Å². The average Bonchev–Trinajstić information content (AvgIpc) is 2.94. The summed E-state index contributed by atoms with van der Waals surface area (Å²) in [6, 6.07) is 7.60. The van der Waals surface area contributed by atoms with Gasteiger partial charge in [-0.15, -0.1) is 0 Å². The number of benzene rings is 1. The molecule has 0 bridgehead atoms. The summed E-state index contributed by atoms with van der Waals surface area (Å²) >= 11 is 5.78. The summed E-state index contributed by atoms with van der Waals surface area (Å²) in [5.74, 6) is 0.287. The molecule has 2 N–H and O–H groups in total. The van der Waals surface area contributed by atoms with Crippen molar-refractivity contribution in [3.8, 4) is 0 Å². The van der Waals surface area contributed by atoms with Crippen molar-refractivity contribution in [2.45, 2.75) is 12.3 Å². The summed E-state index contributed by atoms with van der Waals surface area (Å²) in [5, 5.41) is 19.0. The Morgan fingerprint density at radius 1 is 1.21 bits per heavy atom. The van der Waals surface area contributed by atoms with E-state index in [4.69, 9.17) is 21.8 Å². The zero-order valence-electron chi connectivity index (χ0n) is 7.78. The van der Waals surface area contributed by atoms with E-state index < -0.39 is 0 Å². The first-order valence-corrected chi connectivity index (χ1v) is 5.07. The predicted octanol–water partition coefficient (Wildman–Crippen LogP) is 1.80. The molecule has 14 heavy (non-hydrogen) atoms. The molecule has 0 saturated heterocycles. The van der Waals surface area contributed by atoms with Gasteiger partial charge in [-0.2, -0.15) is 0 Å². The Labute approximate surface area is 88.1 Å². The fourth-order valence-corrected chi connectivity index (χ4v) is 2.04. The molecule has 0 aliphatic heterocycles. The monoisotopic (exact) mass is 212 g/mol. The number of aliphatic hydroxyl groups excluding tert-OH is 2. The standard InChI is InChI=1S/C11H13ClO2/c12-9-3-1-8(2-4-9)10-5-11(10,6-13)7-14/h1-4,10,13-14H,5-7H2/t10-/m1/s1. The van der Waals surface area contributed by atoms with Crippen LogP contribution in [0.15, 0.2) is 24.3 Å². The molecule has 76 valence electrons. The van der Waals surface area contributed by atoms with Gasteiger partial charge >= 0.3 is 0 Å². The molecule has 3 heteroatoms. The minimum atomic E-state index is -0.284. The molecule has 1 fully saturated rings. The SMILES string of the molecule is OCC1(CO)C[C@@H]1c1ccc(Cl)cc1. The van der Waals surface area contributed by atoms with Crippen LogP contribution in [0.3, 0.4) is 0 Å². The van der Waals surface area contributed by atoms with Gasteiger partial charge in [-0.05, 0) is 30.0 Å². The van der Waals surface area contributed by atoms with Crippen LogP contribution in [0.25, 0.3) is 0 Å². The van der Waals surface area contributed by atoms with Crippen LogP contribution in [0, 0.1) is 5.41 Å². The molecule has 0 unspecified atom stereocenters. The second kappa shape index (κ2) is 3.54. The van der Waals surface area contributed by atoms with E-state index in [-0.39, 0.29) is 24.5 Å². The maximum absolute atomic E-state index is 9.16. The quantitative estimate of drug-likeness (QED) is 0.802. The van der Waals surface area contributed by atoms with Crippen molar-refractivity contribution < 1.29 is 10.2 Å².